The minimum Gasteiger partial charge on any atom is -0.493 e. The molecule has 0 aromatic heterocycles. The SMILES string of the molecule is CCCNC(C)(C#N)COc1ccc(CO)cc1OC. The van der Waals surface area contributed by atoms with Crippen LogP contribution in [-0.2, 0) is 6.61 Å². The van der Waals surface area contributed by atoms with Gasteiger partial charge in [-0.1, -0.05) is 13.0 Å². The van der Waals surface area contributed by atoms with Gasteiger partial charge in [0.15, 0.2) is 11.5 Å². The van der Waals surface area contributed by atoms with Gasteiger partial charge in [-0.05, 0) is 37.6 Å². The molecule has 0 aliphatic carbocycles. The number of hydrogen-bond donors (Lipinski definition) is 2. The molecule has 0 amide bonds. The second-order valence-electron chi connectivity index (χ2n) is 4.80. The van der Waals surface area contributed by atoms with Crippen molar-refractivity contribution in [2.45, 2.75) is 32.4 Å². The van der Waals surface area contributed by atoms with Crippen LogP contribution in [0.25, 0.3) is 0 Å². The lowest BCUT2D eigenvalue weighted by Gasteiger charge is -2.23. The normalized spacial score (nSPS) is 13.3. The summed E-state index contributed by atoms with van der Waals surface area (Å²) in [4.78, 5) is 0. The van der Waals surface area contributed by atoms with Crippen LogP contribution in [0.4, 0.5) is 0 Å². The average Bonchev–Trinajstić information content (AvgIpc) is 2.50. The van der Waals surface area contributed by atoms with Crippen LogP contribution in [0.5, 0.6) is 11.5 Å². The van der Waals surface area contributed by atoms with Crippen molar-refractivity contribution in [2.24, 2.45) is 0 Å². The molecule has 1 rings (SSSR count). The van der Waals surface area contributed by atoms with Gasteiger partial charge in [-0.3, -0.25) is 5.32 Å². The molecule has 0 saturated carbocycles. The first kappa shape index (κ1) is 16.3. The molecule has 5 heteroatoms. The third-order valence-corrected chi connectivity index (χ3v) is 2.94. The number of aliphatic hydroxyl groups excluding tert-OH is 1. The van der Waals surface area contributed by atoms with Crippen LogP contribution in [0.15, 0.2) is 18.2 Å². The largest absolute Gasteiger partial charge is 0.493 e. The van der Waals surface area contributed by atoms with Crippen molar-refractivity contribution in [3.05, 3.63) is 23.8 Å². The number of rotatable bonds is 8. The number of aliphatic hydroxyl groups is 1. The molecule has 0 fully saturated rings. The second kappa shape index (κ2) is 7.73. The zero-order valence-corrected chi connectivity index (χ0v) is 12.3. The highest BCUT2D eigenvalue weighted by Gasteiger charge is 2.24. The van der Waals surface area contributed by atoms with E-state index in [9.17, 15) is 5.26 Å². The predicted octanol–water partition coefficient (Wildman–Crippen LogP) is 1.85. The minimum absolute atomic E-state index is 0.0510. The van der Waals surface area contributed by atoms with Gasteiger partial charge in [0.25, 0.3) is 0 Å². The van der Waals surface area contributed by atoms with Gasteiger partial charge in [-0.25, -0.2) is 0 Å². The highest BCUT2D eigenvalue weighted by molar-refractivity contribution is 5.42. The van der Waals surface area contributed by atoms with Crippen molar-refractivity contribution >= 4 is 0 Å². The summed E-state index contributed by atoms with van der Waals surface area (Å²) < 4.78 is 10.9. The summed E-state index contributed by atoms with van der Waals surface area (Å²) in [5.74, 6) is 1.11. The van der Waals surface area contributed by atoms with Gasteiger partial charge in [-0.15, -0.1) is 0 Å². The minimum atomic E-state index is -0.739. The van der Waals surface area contributed by atoms with Crippen LogP contribution in [0.3, 0.4) is 0 Å². The van der Waals surface area contributed by atoms with Crippen molar-refractivity contribution in [2.75, 3.05) is 20.3 Å². The lowest BCUT2D eigenvalue weighted by molar-refractivity contribution is 0.225. The van der Waals surface area contributed by atoms with Crippen molar-refractivity contribution in [3.8, 4) is 17.6 Å². The van der Waals surface area contributed by atoms with Gasteiger partial charge in [0, 0.05) is 0 Å². The summed E-state index contributed by atoms with van der Waals surface area (Å²) in [5, 5.41) is 21.5. The van der Waals surface area contributed by atoms with Crippen molar-refractivity contribution in [1.29, 1.82) is 5.26 Å². The fraction of sp³-hybridized carbons (Fsp3) is 0.533. The van der Waals surface area contributed by atoms with Gasteiger partial charge in [-0.2, -0.15) is 5.26 Å². The molecule has 20 heavy (non-hydrogen) atoms. The predicted molar refractivity (Wildman–Crippen MR) is 76.7 cm³/mol. The van der Waals surface area contributed by atoms with E-state index in [1.807, 2.05) is 6.92 Å². The van der Waals surface area contributed by atoms with E-state index in [-0.39, 0.29) is 13.2 Å². The number of hydrogen-bond acceptors (Lipinski definition) is 5. The van der Waals surface area contributed by atoms with E-state index >= 15 is 0 Å². The van der Waals surface area contributed by atoms with Gasteiger partial charge in [0.2, 0.25) is 0 Å². The van der Waals surface area contributed by atoms with E-state index in [1.165, 1.54) is 0 Å². The summed E-state index contributed by atoms with van der Waals surface area (Å²) in [6.07, 6.45) is 0.950. The zero-order chi connectivity index (χ0) is 15.0. The van der Waals surface area contributed by atoms with Crippen molar-refractivity contribution in [3.63, 3.8) is 0 Å². The first-order chi connectivity index (χ1) is 9.58. The molecule has 0 aliphatic rings. The van der Waals surface area contributed by atoms with Gasteiger partial charge in [0.05, 0.1) is 19.8 Å². The Labute approximate surface area is 120 Å². The molecular formula is C15H22N2O3. The maximum atomic E-state index is 9.24. The number of nitrogens with zero attached hydrogens (tertiary/aromatic N) is 1. The van der Waals surface area contributed by atoms with E-state index in [0.717, 1.165) is 18.5 Å². The van der Waals surface area contributed by atoms with Gasteiger partial charge < -0.3 is 14.6 Å². The smallest absolute Gasteiger partial charge is 0.161 e. The third-order valence-electron chi connectivity index (χ3n) is 2.94. The summed E-state index contributed by atoms with van der Waals surface area (Å²) >= 11 is 0. The topological polar surface area (TPSA) is 74.5 Å². The highest BCUT2D eigenvalue weighted by atomic mass is 16.5. The maximum Gasteiger partial charge on any atom is 0.161 e. The second-order valence-corrected chi connectivity index (χ2v) is 4.80. The van der Waals surface area contributed by atoms with E-state index in [1.54, 1.807) is 32.2 Å². The molecular weight excluding hydrogens is 256 g/mol. The average molecular weight is 278 g/mol. The van der Waals surface area contributed by atoms with Crippen LogP contribution in [0.2, 0.25) is 0 Å². The van der Waals surface area contributed by atoms with E-state index in [2.05, 4.69) is 11.4 Å². The zero-order valence-electron chi connectivity index (χ0n) is 12.3. The molecule has 5 nitrogen and oxygen atoms in total. The first-order valence-electron chi connectivity index (χ1n) is 6.65. The van der Waals surface area contributed by atoms with Crippen LogP contribution >= 0.6 is 0 Å². The Balaban J connectivity index is 2.75. The lowest BCUT2D eigenvalue weighted by atomic mass is 10.1. The Kier molecular flexibility index (Phi) is 6.29. The number of benzene rings is 1. The van der Waals surface area contributed by atoms with E-state index in [4.69, 9.17) is 14.6 Å². The monoisotopic (exact) mass is 278 g/mol. The number of nitriles is 1. The first-order valence-corrected chi connectivity index (χ1v) is 6.65. The van der Waals surface area contributed by atoms with Gasteiger partial charge in [0.1, 0.15) is 12.1 Å². The van der Waals surface area contributed by atoms with E-state index < -0.39 is 5.54 Å². The molecule has 1 aromatic rings. The van der Waals surface area contributed by atoms with Crippen molar-refractivity contribution in [1.82, 2.24) is 5.32 Å². The molecule has 1 unspecified atom stereocenters. The lowest BCUT2D eigenvalue weighted by Crippen LogP contribution is -2.46. The molecule has 1 atom stereocenters. The van der Waals surface area contributed by atoms with Gasteiger partial charge >= 0.3 is 0 Å². The third kappa shape index (κ3) is 4.41. The molecule has 0 heterocycles. The molecule has 0 radical (unpaired) electrons. The summed E-state index contributed by atoms with van der Waals surface area (Å²) in [5.41, 5.74) is 0.0118. The molecule has 0 aliphatic heterocycles. The molecule has 0 bridgehead atoms. The molecule has 110 valence electrons. The Morgan fingerprint density at radius 2 is 2.15 bits per heavy atom. The van der Waals surface area contributed by atoms with Crippen molar-refractivity contribution < 1.29 is 14.6 Å². The molecule has 0 saturated heterocycles. The number of nitrogens with one attached hydrogen (secondary N) is 1. The molecule has 1 aromatic carbocycles. The standard InChI is InChI=1S/C15H22N2O3/c1-4-7-17-15(2,10-16)11-20-13-6-5-12(9-18)8-14(13)19-3/h5-6,8,17-18H,4,7,9,11H2,1-3H3. The highest BCUT2D eigenvalue weighted by Crippen LogP contribution is 2.28. The Bertz CT molecular complexity index is 471. The van der Waals surface area contributed by atoms with Crippen LogP contribution < -0.4 is 14.8 Å². The summed E-state index contributed by atoms with van der Waals surface area (Å²) in [6, 6.07) is 7.45. The summed E-state index contributed by atoms with van der Waals surface area (Å²) in [7, 11) is 1.54. The quantitative estimate of drug-likeness (QED) is 0.759. The number of ether oxygens (including phenoxy) is 2. The van der Waals surface area contributed by atoms with Crippen LogP contribution in [-0.4, -0.2) is 30.9 Å². The number of methoxy groups -OCH3 is 1. The molecule has 0 spiro atoms. The van der Waals surface area contributed by atoms with Crippen LogP contribution in [0.1, 0.15) is 25.8 Å². The maximum absolute atomic E-state index is 9.24. The Hall–Kier alpha value is -1.77. The fourth-order valence-corrected chi connectivity index (χ4v) is 1.68. The molecule has 2 N–H and O–H groups in total. The Morgan fingerprint density at radius 3 is 2.70 bits per heavy atom. The van der Waals surface area contributed by atoms with Crippen LogP contribution in [0, 0.1) is 11.3 Å². The van der Waals surface area contributed by atoms with E-state index in [0.29, 0.717) is 11.5 Å². The Morgan fingerprint density at radius 1 is 1.40 bits per heavy atom. The summed E-state index contributed by atoms with van der Waals surface area (Å²) in [6.45, 7) is 4.77. The fourth-order valence-electron chi connectivity index (χ4n) is 1.68.